The fourth-order valence-electron chi connectivity index (χ4n) is 4.18. The Morgan fingerprint density at radius 3 is 2.07 bits per heavy atom. The van der Waals surface area contributed by atoms with Crippen LogP contribution in [0, 0.1) is 0 Å². The minimum absolute atomic E-state index is 0.174. The first-order valence-corrected chi connectivity index (χ1v) is 12.1. The van der Waals surface area contributed by atoms with Crippen LogP contribution in [0.2, 0.25) is 0 Å². The van der Waals surface area contributed by atoms with Crippen molar-refractivity contribution >= 4 is 29.4 Å². The molecule has 1 aliphatic heterocycles. The Labute approximate surface area is 166 Å². The lowest BCUT2D eigenvalue weighted by Crippen LogP contribution is -2.35. The van der Waals surface area contributed by atoms with E-state index in [1.165, 1.54) is 6.42 Å². The van der Waals surface area contributed by atoms with E-state index in [4.69, 9.17) is 11.2 Å². The van der Waals surface area contributed by atoms with E-state index in [1.807, 2.05) is 53.2 Å². The molecule has 0 bridgehead atoms. The second-order valence-corrected chi connectivity index (χ2v) is 10.2. The Morgan fingerprint density at radius 1 is 0.926 bits per heavy atom. The molecule has 5 heteroatoms. The maximum atomic E-state index is 13.6. The zero-order chi connectivity index (χ0) is 18.9. The molecule has 1 atom stereocenters. The molecule has 0 amide bonds. The van der Waals surface area contributed by atoms with E-state index in [-0.39, 0.29) is 6.04 Å². The normalized spacial score (nSPS) is 24.1. The summed E-state index contributed by atoms with van der Waals surface area (Å²) in [6.07, 6.45) is 5.55. The topological polar surface area (TPSA) is 32.7 Å². The lowest BCUT2D eigenvalue weighted by molar-refractivity contribution is 0.316. The van der Waals surface area contributed by atoms with Gasteiger partial charge in [0.15, 0.2) is 0 Å². The Hall–Kier alpha value is -1.83. The first kappa shape index (κ1) is 18.5. The lowest BCUT2D eigenvalue weighted by Gasteiger charge is -2.41. The van der Waals surface area contributed by atoms with E-state index >= 15 is 0 Å². The van der Waals surface area contributed by atoms with Crippen molar-refractivity contribution in [1.82, 2.24) is 4.67 Å². The average Bonchev–Trinajstić information content (AvgIpc) is 2.71. The molecule has 0 spiro atoms. The monoisotopic (exact) mass is 398 g/mol. The number of hydrogen-bond acceptors (Lipinski definition) is 1. The first-order valence-electron chi connectivity index (χ1n) is 9.59. The van der Waals surface area contributed by atoms with Crippen molar-refractivity contribution in [3.8, 4) is 0 Å². The molecule has 1 heterocycles. The van der Waals surface area contributed by atoms with Gasteiger partial charge in [0.25, 0.3) is 0 Å². The van der Waals surface area contributed by atoms with Crippen molar-refractivity contribution in [3.63, 3.8) is 0 Å². The van der Waals surface area contributed by atoms with E-state index in [0.717, 1.165) is 53.8 Å². The molecule has 0 radical (unpaired) electrons. The summed E-state index contributed by atoms with van der Waals surface area (Å²) in [6, 6.07) is 20.3. The average molecular weight is 399 g/mol. The molecule has 1 fully saturated rings. The molecule has 1 saturated carbocycles. The maximum absolute atomic E-state index is 13.6. The van der Waals surface area contributed by atoms with Crippen LogP contribution < -0.4 is 0 Å². The van der Waals surface area contributed by atoms with Crippen LogP contribution in [0.4, 0.5) is 0 Å². The zero-order valence-corrected chi connectivity index (χ0v) is 17.2. The van der Waals surface area contributed by atoms with Crippen LogP contribution in [0.15, 0.2) is 71.0 Å². The largest absolute Gasteiger partial charge is 0.371 e. The van der Waals surface area contributed by atoms with Gasteiger partial charge in [-0.2, -0.15) is 4.76 Å². The van der Waals surface area contributed by atoms with Gasteiger partial charge in [-0.15, -0.1) is 0 Å². The van der Waals surface area contributed by atoms with Crippen LogP contribution in [-0.4, -0.2) is 16.4 Å². The van der Waals surface area contributed by atoms with Gasteiger partial charge in [-0.1, -0.05) is 79.9 Å². The summed E-state index contributed by atoms with van der Waals surface area (Å²) >= 11 is 6.69. The molecule has 0 aromatic heterocycles. The van der Waals surface area contributed by atoms with Gasteiger partial charge in [0.2, 0.25) is 0 Å². The van der Waals surface area contributed by atoms with Gasteiger partial charge in [-0.3, -0.25) is 9.24 Å². The van der Waals surface area contributed by atoms with Gasteiger partial charge in [-0.05, 0) is 42.1 Å². The third-order valence-electron chi connectivity index (χ3n) is 5.44. The molecule has 2 aromatic carbocycles. The smallest absolute Gasteiger partial charge is 0.290 e. The standard InChI is InChI=1S/C22H24ClN2OP/c1-17-21(18-11-5-2-6-12-18)24-27(23,26)25(20-15-9-4-10-16-20)22(17)19-13-7-3-8-14-19/h2-3,5-8,11-14,20H,4,9-10,15-16H2,1H3. The minimum Gasteiger partial charge on any atom is -0.290 e. The van der Waals surface area contributed by atoms with Crippen molar-refractivity contribution in [2.45, 2.75) is 45.1 Å². The summed E-state index contributed by atoms with van der Waals surface area (Å²) in [4.78, 5) is 0. The summed E-state index contributed by atoms with van der Waals surface area (Å²) in [5.41, 5.74) is 4.73. The van der Waals surface area contributed by atoms with E-state index in [1.54, 1.807) is 0 Å². The molecule has 4 rings (SSSR count). The van der Waals surface area contributed by atoms with E-state index in [2.05, 4.69) is 23.8 Å². The third kappa shape index (κ3) is 3.63. The Kier molecular flexibility index (Phi) is 5.25. The maximum Gasteiger partial charge on any atom is 0.371 e. The number of nitrogens with zero attached hydrogens (tertiary/aromatic N) is 2. The molecule has 0 saturated heterocycles. The van der Waals surface area contributed by atoms with Gasteiger partial charge in [0.1, 0.15) is 0 Å². The second kappa shape index (κ2) is 7.66. The zero-order valence-electron chi connectivity index (χ0n) is 15.5. The highest BCUT2D eigenvalue weighted by atomic mass is 35.7. The van der Waals surface area contributed by atoms with Crippen LogP contribution >= 0.6 is 18.0 Å². The van der Waals surface area contributed by atoms with Gasteiger partial charge >= 0.3 is 6.80 Å². The molecule has 2 aromatic rings. The molecule has 1 unspecified atom stereocenters. The summed E-state index contributed by atoms with van der Waals surface area (Å²) < 4.78 is 20.2. The third-order valence-corrected chi connectivity index (χ3v) is 7.66. The Morgan fingerprint density at radius 2 is 1.48 bits per heavy atom. The highest BCUT2D eigenvalue weighted by molar-refractivity contribution is 7.86. The first-order chi connectivity index (χ1) is 13.1. The number of allylic oxidation sites excluding steroid dienone is 1. The number of halogens is 1. The molecular formula is C22H24ClN2OP. The van der Waals surface area contributed by atoms with Crippen LogP contribution in [0.25, 0.3) is 5.70 Å². The van der Waals surface area contributed by atoms with Crippen molar-refractivity contribution in [2.24, 2.45) is 4.76 Å². The lowest BCUT2D eigenvalue weighted by atomic mass is 9.93. The Bertz CT molecular complexity index is 918. The van der Waals surface area contributed by atoms with Gasteiger partial charge in [-0.25, -0.2) is 0 Å². The molecule has 1 aliphatic carbocycles. The SMILES string of the molecule is CC1=C(c2ccccc2)N(C2CCCCC2)P(=O)(Cl)N=C1c1ccccc1. The van der Waals surface area contributed by atoms with Gasteiger partial charge in [0, 0.05) is 11.6 Å². The summed E-state index contributed by atoms with van der Waals surface area (Å²) in [7, 11) is 0. The van der Waals surface area contributed by atoms with Crippen molar-refractivity contribution in [2.75, 3.05) is 0 Å². The van der Waals surface area contributed by atoms with E-state index in [0.29, 0.717) is 0 Å². The van der Waals surface area contributed by atoms with E-state index < -0.39 is 6.80 Å². The van der Waals surface area contributed by atoms with Crippen LogP contribution in [0.3, 0.4) is 0 Å². The molecular weight excluding hydrogens is 375 g/mol. The van der Waals surface area contributed by atoms with E-state index in [9.17, 15) is 4.57 Å². The van der Waals surface area contributed by atoms with Crippen molar-refractivity contribution in [1.29, 1.82) is 0 Å². The quantitative estimate of drug-likeness (QED) is 0.526. The number of benzene rings is 2. The van der Waals surface area contributed by atoms with Gasteiger partial charge in [0.05, 0.1) is 11.4 Å². The molecule has 27 heavy (non-hydrogen) atoms. The second-order valence-electron chi connectivity index (χ2n) is 7.26. The Balaban J connectivity index is 1.90. The summed E-state index contributed by atoms with van der Waals surface area (Å²) in [5, 5.41) is 0. The molecule has 140 valence electrons. The van der Waals surface area contributed by atoms with Gasteiger partial charge < -0.3 is 0 Å². The van der Waals surface area contributed by atoms with Crippen LogP contribution in [0.1, 0.15) is 50.2 Å². The fraction of sp³-hybridized carbons (Fsp3) is 0.318. The van der Waals surface area contributed by atoms with Crippen LogP contribution in [0.5, 0.6) is 0 Å². The van der Waals surface area contributed by atoms with Crippen LogP contribution in [-0.2, 0) is 4.57 Å². The number of rotatable bonds is 3. The van der Waals surface area contributed by atoms with Crippen molar-refractivity contribution < 1.29 is 4.57 Å². The molecule has 2 aliphatic rings. The summed E-state index contributed by atoms with van der Waals surface area (Å²) in [6.45, 7) is -1.34. The predicted molar refractivity (Wildman–Crippen MR) is 114 cm³/mol. The molecule has 0 N–H and O–H groups in total. The highest BCUT2D eigenvalue weighted by Crippen LogP contribution is 2.64. The fourth-order valence-corrected chi connectivity index (χ4v) is 6.76. The minimum atomic E-state index is -3.41. The highest BCUT2D eigenvalue weighted by Gasteiger charge is 2.41. The number of hydrogen-bond donors (Lipinski definition) is 0. The summed E-state index contributed by atoms with van der Waals surface area (Å²) in [5.74, 6) is 0. The molecule has 3 nitrogen and oxygen atoms in total. The predicted octanol–water partition coefficient (Wildman–Crippen LogP) is 6.90. The van der Waals surface area contributed by atoms with Crippen molar-refractivity contribution in [3.05, 3.63) is 77.4 Å².